The van der Waals surface area contributed by atoms with E-state index in [4.69, 9.17) is 0 Å². The second kappa shape index (κ2) is 9.26. The van der Waals surface area contributed by atoms with Gasteiger partial charge >= 0.3 is 0 Å². The van der Waals surface area contributed by atoms with Crippen LogP contribution in [0.1, 0.15) is 26.3 Å². The van der Waals surface area contributed by atoms with Crippen molar-refractivity contribution in [2.45, 2.75) is 32.4 Å². The van der Waals surface area contributed by atoms with Gasteiger partial charge in [-0.1, -0.05) is 18.2 Å². The Morgan fingerprint density at radius 2 is 1.95 bits per heavy atom. The fourth-order valence-corrected chi connectivity index (χ4v) is 4.79. The monoisotopic (exact) mass is 499 g/mol. The number of nitrogens with zero attached hydrogens (tertiary/aromatic N) is 7. The van der Waals surface area contributed by atoms with E-state index in [2.05, 4.69) is 25.9 Å². The predicted octanol–water partition coefficient (Wildman–Crippen LogP) is 3.30. The van der Waals surface area contributed by atoms with E-state index in [9.17, 15) is 15.2 Å². The molecule has 0 unspecified atom stereocenters. The minimum Gasteiger partial charge on any atom is -0.381 e. The number of benzene rings is 1. The van der Waals surface area contributed by atoms with E-state index < -0.39 is 5.60 Å². The molecule has 4 aromatic rings. The standard InChI is InChI=1S/C27H26FN7O2/c1-17-14-33(26(36)27(2,3)37)10-11-34(17)24-23-20(19-6-4-5-7-21(19)28)15-35(25(23)32-16-31-24)22-12-18(13-29)8-9-30-22/h4-9,12,15-17,37H,10-11,14H2,1-3H3/t17-/m0/s1. The molecule has 3 aromatic heterocycles. The molecule has 1 fully saturated rings. The number of hydrogen-bond donors (Lipinski definition) is 1. The van der Waals surface area contributed by atoms with Crippen LogP contribution in [0.15, 0.2) is 55.1 Å². The fourth-order valence-electron chi connectivity index (χ4n) is 4.79. The van der Waals surface area contributed by atoms with Gasteiger partial charge < -0.3 is 14.9 Å². The molecule has 188 valence electrons. The number of piperazine rings is 1. The third kappa shape index (κ3) is 4.38. The van der Waals surface area contributed by atoms with Crippen LogP contribution in [-0.4, -0.2) is 66.7 Å². The number of fused-ring (bicyclic) bond motifs is 1. The zero-order chi connectivity index (χ0) is 26.3. The summed E-state index contributed by atoms with van der Waals surface area (Å²) >= 11 is 0. The van der Waals surface area contributed by atoms with Crippen molar-refractivity contribution in [3.05, 3.63) is 66.5 Å². The SMILES string of the molecule is C[C@H]1CN(C(=O)C(C)(C)O)CCN1c1ncnc2c1c(-c1ccccc1F)cn2-c1cc(C#N)ccn1. The molecule has 5 rings (SSSR count). The number of carbonyl (C=O) groups is 1. The molecule has 1 aromatic carbocycles. The van der Waals surface area contributed by atoms with Crippen LogP contribution < -0.4 is 4.90 Å². The first-order chi connectivity index (χ1) is 17.7. The Balaban J connectivity index is 1.66. The Labute approximate surface area is 213 Å². The molecular weight excluding hydrogens is 473 g/mol. The number of carbonyl (C=O) groups excluding carboxylic acids is 1. The molecule has 1 aliphatic heterocycles. The van der Waals surface area contributed by atoms with Gasteiger partial charge in [-0.05, 0) is 39.0 Å². The van der Waals surface area contributed by atoms with Crippen molar-refractivity contribution in [1.82, 2.24) is 24.4 Å². The van der Waals surface area contributed by atoms with Crippen LogP contribution in [0.5, 0.6) is 0 Å². The number of amides is 1. The molecule has 1 aliphatic rings. The van der Waals surface area contributed by atoms with Gasteiger partial charge in [-0.3, -0.25) is 9.36 Å². The lowest BCUT2D eigenvalue weighted by molar-refractivity contribution is -0.148. The van der Waals surface area contributed by atoms with Crippen molar-refractivity contribution in [1.29, 1.82) is 5.26 Å². The minimum atomic E-state index is -1.45. The lowest BCUT2D eigenvalue weighted by atomic mass is 10.0. The fraction of sp³-hybridized carbons (Fsp3) is 0.296. The predicted molar refractivity (Wildman–Crippen MR) is 136 cm³/mol. The van der Waals surface area contributed by atoms with Gasteiger partial charge in [0.15, 0.2) is 5.65 Å². The zero-order valence-electron chi connectivity index (χ0n) is 20.8. The Morgan fingerprint density at radius 1 is 1.16 bits per heavy atom. The summed E-state index contributed by atoms with van der Waals surface area (Å²) in [5, 5.41) is 20.2. The molecule has 0 aliphatic carbocycles. The van der Waals surface area contributed by atoms with Crippen LogP contribution in [-0.2, 0) is 4.79 Å². The summed E-state index contributed by atoms with van der Waals surface area (Å²) in [5.41, 5.74) is 0.490. The molecule has 1 N–H and O–H groups in total. The highest BCUT2D eigenvalue weighted by atomic mass is 19.1. The lowest BCUT2D eigenvalue weighted by Gasteiger charge is -2.42. The first-order valence-corrected chi connectivity index (χ1v) is 11.9. The highest BCUT2D eigenvalue weighted by Gasteiger charge is 2.35. The van der Waals surface area contributed by atoms with Crippen LogP contribution in [0.4, 0.5) is 10.2 Å². The van der Waals surface area contributed by atoms with Gasteiger partial charge in [0.05, 0.1) is 17.0 Å². The molecule has 0 spiro atoms. The summed E-state index contributed by atoms with van der Waals surface area (Å²) in [6.07, 6.45) is 4.77. The average Bonchev–Trinajstić information content (AvgIpc) is 3.28. The topological polar surface area (TPSA) is 111 Å². The Morgan fingerprint density at radius 3 is 2.65 bits per heavy atom. The smallest absolute Gasteiger partial charge is 0.254 e. The van der Waals surface area contributed by atoms with E-state index >= 15 is 4.39 Å². The number of hydrogen-bond acceptors (Lipinski definition) is 7. The number of aromatic nitrogens is 4. The summed E-state index contributed by atoms with van der Waals surface area (Å²) < 4.78 is 16.8. The van der Waals surface area contributed by atoms with Crippen LogP contribution in [0.2, 0.25) is 0 Å². The van der Waals surface area contributed by atoms with E-state index in [1.165, 1.54) is 26.2 Å². The lowest BCUT2D eigenvalue weighted by Crippen LogP contribution is -2.57. The molecule has 0 saturated carbocycles. The van der Waals surface area contributed by atoms with Gasteiger partial charge in [0, 0.05) is 49.2 Å². The van der Waals surface area contributed by atoms with E-state index in [1.54, 1.807) is 52.2 Å². The van der Waals surface area contributed by atoms with Crippen molar-refractivity contribution in [3.63, 3.8) is 0 Å². The summed E-state index contributed by atoms with van der Waals surface area (Å²) in [6, 6.07) is 11.8. The summed E-state index contributed by atoms with van der Waals surface area (Å²) in [7, 11) is 0. The van der Waals surface area contributed by atoms with Crippen LogP contribution in [0, 0.1) is 17.1 Å². The number of halogens is 1. The van der Waals surface area contributed by atoms with Gasteiger partial charge in [0.25, 0.3) is 5.91 Å². The Kier molecular flexibility index (Phi) is 6.09. The molecule has 0 radical (unpaired) electrons. The van der Waals surface area contributed by atoms with Crippen LogP contribution >= 0.6 is 0 Å². The summed E-state index contributed by atoms with van der Waals surface area (Å²) in [5.74, 6) is 0.378. The van der Waals surface area contributed by atoms with Crippen molar-refractivity contribution < 1.29 is 14.3 Å². The quantitative estimate of drug-likeness (QED) is 0.459. The minimum absolute atomic E-state index is 0.130. The third-order valence-corrected chi connectivity index (χ3v) is 6.56. The van der Waals surface area contributed by atoms with Gasteiger partial charge in [-0.2, -0.15) is 5.26 Å². The van der Waals surface area contributed by atoms with Gasteiger partial charge in [-0.25, -0.2) is 19.3 Å². The van der Waals surface area contributed by atoms with E-state index in [-0.39, 0.29) is 17.8 Å². The van der Waals surface area contributed by atoms with Crippen molar-refractivity contribution in [2.24, 2.45) is 0 Å². The number of rotatable bonds is 4. The zero-order valence-corrected chi connectivity index (χ0v) is 20.8. The Hall–Kier alpha value is -4.36. The molecule has 4 heterocycles. The average molecular weight is 500 g/mol. The van der Waals surface area contributed by atoms with E-state index in [0.29, 0.717) is 59.0 Å². The van der Waals surface area contributed by atoms with Crippen molar-refractivity contribution >= 4 is 22.8 Å². The first kappa shape index (κ1) is 24.3. The third-order valence-electron chi connectivity index (χ3n) is 6.56. The van der Waals surface area contributed by atoms with Crippen molar-refractivity contribution in [2.75, 3.05) is 24.5 Å². The van der Waals surface area contributed by atoms with E-state index in [1.807, 2.05) is 6.92 Å². The number of nitriles is 1. The van der Waals surface area contributed by atoms with Crippen molar-refractivity contribution in [3.8, 4) is 23.0 Å². The highest BCUT2D eigenvalue weighted by Crippen LogP contribution is 2.38. The molecule has 0 bridgehead atoms. The maximum atomic E-state index is 15.0. The molecule has 1 amide bonds. The van der Waals surface area contributed by atoms with E-state index in [0.717, 1.165) is 0 Å². The molecule has 10 heteroatoms. The summed E-state index contributed by atoms with van der Waals surface area (Å²) in [6.45, 7) is 6.22. The van der Waals surface area contributed by atoms with Crippen LogP contribution in [0.3, 0.4) is 0 Å². The van der Waals surface area contributed by atoms with Gasteiger partial charge in [-0.15, -0.1) is 0 Å². The molecular formula is C27H26FN7O2. The number of anilines is 1. The Bertz CT molecular complexity index is 1540. The number of aliphatic hydroxyl groups is 1. The maximum Gasteiger partial charge on any atom is 0.254 e. The van der Waals surface area contributed by atoms with Crippen LogP contribution in [0.25, 0.3) is 28.0 Å². The molecule has 1 saturated heterocycles. The summed E-state index contributed by atoms with van der Waals surface area (Å²) in [4.78, 5) is 30.0. The number of pyridine rings is 1. The molecule has 37 heavy (non-hydrogen) atoms. The van der Waals surface area contributed by atoms with Gasteiger partial charge in [0.1, 0.15) is 29.4 Å². The van der Waals surface area contributed by atoms with Gasteiger partial charge in [0.2, 0.25) is 0 Å². The normalized spacial score (nSPS) is 16.2. The highest BCUT2D eigenvalue weighted by molar-refractivity contribution is 6.02. The largest absolute Gasteiger partial charge is 0.381 e. The first-order valence-electron chi connectivity index (χ1n) is 11.9. The maximum absolute atomic E-state index is 15.0. The molecule has 1 atom stereocenters. The second-order valence-electron chi connectivity index (χ2n) is 9.66. The molecule has 9 nitrogen and oxygen atoms in total. The second-order valence-corrected chi connectivity index (χ2v) is 9.66.